The molecule has 0 spiro atoms. The number of pyridine rings is 1. The molecule has 142 valence electrons. The summed E-state index contributed by atoms with van der Waals surface area (Å²) in [5.41, 5.74) is 4.65. The number of para-hydroxylation sites is 1. The fourth-order valence-corrected chi connectivity index (χ4v) is 3.27. The van der Waals surface area contributed by atoms with Gasteiger partial charge < -0.3 is 4.74 Å². The number of carbonyl (C=O) groups is 1. The molecule has 1 aromatic heterocycles. The van der Waals surface area contributed by atoms with Gasteiger partial charge in [-0.2, -0.15) is 0 Å². The monoisotopic (exact) mass is 379 g/mol. The first-order valence-corrected chi connectivity index (χ1v) is 9.64. The molecular formula is C26H21NO2. The third-order valence-corrected chi connectivity index (χ3v) is 4.73. The smallest absolute Gasteiger partial charge is 0.185 e. The number of hydrogen-bond acceptors (Lipinski definition) is 3. The van der Waals surface area contributed by atoms with E-state index in [1.54, 1.807) is 18.2 Å². The summed E-state index contributed by atoms with van der Waals surface area (Å²) in [5.74, 6) is 0.724. The number of nitrogens with zero attached hydrogens (tertiary/aromatic N) is 1. The Hall–Kier alpha value is -3.72. The molecule has 4 rings (SSSR count). The van der Waals surface area contributed by atoms with Gasteiger partial charge in [0.1, 0.15) is 5.75 Å². The van der Waals surface area contributed by atoms with Crippen molar-refractivity contribution < 1.29 is 9.53 Å². The van der Waals surface area contributed by atoms with E-state index in [-0.39, 0.29) is 5.78 Å². The highest BCUT2D eigenvalue weighted by Gasteiger charge is 2.06. The summed E-state index contributed by atoms with van der Waals surface area (Å²) in [6.45, 7) is 2.54. The molecule has 3 nitrogen and oxygen atoms in total. The predicted octanol–water partition coefficient (Wildman–Crippen LogP) is 6.20. The Balaban J connectivity index is 1.61. The summed E-state index contributed by atoms with van der Waals surface area (Å²) >= 11 is 0. The minimum absolute atomic E-state index is 0.0421. The number of benzene rings is 3. The van der Waals surface area contributed by atoms with Gasteiger partial charge >= 0.3 is 0 Å². The molecule has 29 heavy (non-hydrogen) atoms. The molecule has 0 amide bonds. The van der Waals surface area contributed by atoms with E-state index in [1.807, 2.05) is 73.8 Å². The first-order valence-electron chi connectivity index (χ1n) is 9.64. The summed E-state index contributed by atoms with van der Waals surface area (Å²) in [7, 11) is 0. The maximum atomic E-state index is 12.6. The molecule has 0 aliphatic rings. The minimum atomic E-state index is -0.0421. The number of ketones is 1. The molecule has 0 aliphatic heterocycles. The van der Waals surface area contributed by atoms with Crippen molar-refractivity contribution in [1.29, 1.82) is 0 Å². The molecule has 0 aliphatic carbocycles. The van der Waals surface area contributed by atoms with Crippen LogP contribution in [0.5, 0.6) is 5.75 Å². The predicted molar refractivity (Wildman–Crippen MR) is 118 cm³/mol. The van der Waals surface area contributed by atoms with Gasteiger partial charge in [-0.25, -0.2) is 0 Å². The summed E-state index contributed by atoms with van der Waals surface area (Å²) in [6, 6.07) is 25.4. The lowest BCUT2D eigenvalue weighted by atomic mass is 9.99. The van der Waals surface area contributed by atoms with Crippen molar-refractivity contribution in [3.63, 3.8) is 0 Å². The normalized spacial score (nSPS) is 11.1. The quantitative estimate of drug-likeness (QED) is 0.296. The zero-order chi connectivity index (χ0) is 20.1. The van der Waals surface area contributed by atoms with E-state index in [1.165, 1.54) is 0 Å². The van der Waals surface area contributed by atoms with Crippen LogP contribution in [-0.4, -0.2) is 17.4 Å². The van der Waals surface area contributed by atoms with E-state index in [4.69, 9.17) is 4.74 Å². The molecule has 0 unspecified atom stereocenters. The molecular weight excluding hydrogens is 358 g/mol. The lowest BCUT2D eigenvalue weighted by Gasteiger charge is -2.07. The first-order chi connectivity index (χ1) is 14.2. The Labute approximate surface area is 170 Å². The van der Waals surface area contributed by atoms with Crippen molar-refractivity contribution in [1.82, 2.24) is 4.98 Å². The fraction of sp³-hybridized carbons (Fsp3) is 0.0769. The Morgan fingerprint density at radius 2 is 1.72 bits per heavy atom. The maximum absolute atomic E-state index is 12.6. The van der Waals surface area contributed by atoms with E-state index >= 15 is 0 Å². The van der Waals surface area contributed by atoms with Gasteiger partial charge in [0.2, 0.25) is 0 Å². The largest absolute Gasteiger partial charge is 0.494 e. The van der Waals surface area contributed by atoms with Gasteiger partial charge in [-0.3, -0.25) is 9.78 Å². The number of rotatable bonds is 6. The highest BCUT2D eigenvalue weighted by molar-refractivity contribution is 6.07. The van der Waals surface area contributed by atoms with Crippen LogP contribution in [0.25, 0.3) is 28.1 Å². The fourth-order valence-electron chi connectivity index (χ4n) is 3.27. The number of allylic oxidation sites excluding steroid dienone is 1. The SMILES string of the molecule is CCOc1ccc(C(=O)/C=C/c2ccccc2-c2cnc3ccccc3c2)cc1. The lowest BCUT2D eigenvalue weighted by molar-refractivity contribution is 0.104. The zero-order valence-electron chi connectivity index (χ0n) is 16.2. The van der Waals surface area contributed by atoms with Gasteiger partial charge in [0, 0.05) is 22.7 Å². The van der Waals surface area contributed by atoms with Crippen molar-refractivity contribution in [3.05, 3.63) is 102 Å². The van der Waals surface area contributed by atoms with Crippen LogP contribution in [0.4, 0.5) is 0 Å². The van der Waals surface area contributed by atoms with E-state index in [9.17, 15) is 4.79 Å². The van der Waals surface area contributed by atoms with Crippen LogP contribution in [-0.2, 0) is 0 Å². The molecule has 0 bridgehead atoms. The molecule has 1 heterocycles. The van der Waals surface area contributed by atoms with Crippen LogP contribution in [0.15, 0.2) is 91.1 Å². The summed E-state index contributed by atoms with van der Waals surface area (Å²) < 4.78 is 5.43. The van der Waals surface area contributed by atoms with Gasteiger partial charge in [0.15, 0.2) is 5.78 Å². The number of carbonyl (C=O) groups excluding carboxylic acids is 1. The lowest BCUT2D eigenvalue weighted by Crippen LogP contribution is -1.96. The van der Waals surface area contributed by atoms with Crippen molar-refractivity contribution in [2.24, 2.45) is 0 Å². The molecule has 0 radical (unpaired) electrons. The van der Waals surface area contributed by atoms with Crippen molar-refractivity contribution >= 4 is 22.8 Å². The van der Waals surface area contributed by atoms with Crippen molar-refractivity contribution in [2.75, 3.05) is 6.61 Å². The number of fused-ring (bicyclic) bond motifs is 1. The van der Waals surface area contributed by atoms with E-state index < -0.39 is 0 Å². The van der Waals surface area contributed by atoms with Gasteiger partial charge in [-0.15, -0.1) is 0 Å². The summed E-state index contributed by atoms with van der Waals surface area (Å²) in [5, 5.41) is 1.09. The van der Waals surface area contributed by atoms with Crippen LogP contribution < -0.4 is 4.74 Å². The van der Waals surface area contributed by atoms with E-state index in [0.717, 1.165) is 33.3 Å². The molecule has 3 aromatic carbocycles. The molecule has 0 atom stereocenters. The number of ether oxygens (including phenoxy) is 1. The Morgan fingerprint density at radius 1 is 0.966 bits per heavy atom. The first kappa shape index (κ1) is 18.6. The van der Waals surface area contributed by atoms with Crippen molar-refractivity contribution in [2.45, 2.75) is 6.92 Å². The second-order valence-corrected chi connectivity index (χ2v) is 6.66. The summed E-state index contributed by atoms with van der Waals surface area (Å²) in [4.78, 5) is 17.1. The third kappa shape index (κ3) is 4.25. The minimum Gasteiger partial charge on any atom is -0.494 e. The average molecular weight is 379 g/mol. The zero-order valence-corrected chi connectivity index (χ0v) is 16.2. The number of aromatic nitrogens is 1. The third-order valence-electron chi connectivity index (χ3n) is 4.73. The van der Waals surface area contributed by atoms with Gasteiger partial charge in [0.25, 0.3) is 0 Å². The average Bonchev–Trinajstić information content (AvgIpc) is 2.78. The molecule has 0 saturated heterocycles. The van der Waals surface area contributed by atoms with E-state index in [2.05, 4.69) is 17.1 Å². The van der Waals surface area contributed by atoms with Gasteiger partial charge in [-0.1, -0.05) is 48.5 Å². The van der Waals surface area contributed by atoms with Crippen LogP contribution in [0, 0.1) is 0 Å². The maximum Gasteiger partial charge on any atom is 0.185 e. The molecule has 0 saturated carbocycles. The molecule has 0 N–H and O–H groups in total. The van der Waals surface area contributed by atoms with Crippen molar-refractivity contribution in [3.8, 4) is 16.9 Å². The highest BCUT2D eigenvalue weighted by Crippen LogP contribution is 2.27. The molecule has 0 fully saturated rings. The topological polar surface area (TPSA) is 39.2 Å². The molecule has 3 heteroatoms. The standard InChI is InChI=1S/C26H21NO2/c1-2-29-23-14-11-20(12-15-23)26(28)16-13-19-7-3-5-9-24(19)22-17-21-8-4-6-10-25(21)27-18-22/h3-18H,2H2,1H3/b16-13+. The van der Waals surface area contributed by atoms with Gasteiger partial charge in [0.05, 0.1) is 12.1 Å². The highest BCUT2D eigenvalue weighted by atomic mass is 16.5. The van der Waals surface area contributed by atoms with E-state index in [0.29, 0.717) is 12.2 Å². The Morgan fingerprint density at radius 3 is 2.55 bits per heavy atom. The number of hydrogen-bond donors (Lipinski definition) is 0. The second kappa shape index (κ2) is 8.53. The van der Waals surface area contributed by atoms with Crippen LogP contribution in [0.2, 0.25) is 0 Å². The van der Waals surface area contributed by atoms with Gasteiger partial charge in [-0.05, 0) is 60.5 Å². The second-order valence-electron chi connectivity index (χ2n) is 6.66. The Kier molecular flexibility index (Phi) is 5.48. The van der Waals surface area contributed by atoms with Crippen LogP contribution >= 0.6 is 0 Å². The van der Waals surface area contributed by atoms with Crippen LogP contribution in [0.1, 0.15) is 22.8 Å². The summed E-state index contributed by atoms with van der Waals surface area (Å²) in [6.07, 6.45) is 5.36. The molecule has 4 aromatic rings. The van der Waals surface area contributed by atoms with Crippen LogP contribution in [0.3, 0.4) is 0 Å². The Bertz CT molecular complexity index is 1180.